The average Bonchev–Trinajstić information content (AvgIpc) is 2.19. The highest BCUT2D eigenvalue weighted by Gasteiger charge is 2.13. The van der Waals surface area contributed by atoms with Crippen molar-refractivity contribution in [3.05, 3.63) is 39.4 Å². The second-order valence-corrected chi connectivity index (χ2v) is 3.85. The van der Waals surface area contributed by atoms with Crippen molar-refractivity contribution < 1.29 is 14.7 Å². The van der Waals surface area contributed by atoms with E-state index in [0.717, 1.165) is 0 Å². The number of carbonyl (C=O) groups is 2. The monoisotopic (exact) mass is 258 g/mol. The van der Waals surface area contributed by atoms with Crippen LogP contribution in [0.1, 0.15) is 12.5 Å². The Morgan fingerprint density at radius 1 is 1.31 bits per heavy atom. The molecule has 16 heavy (non-hydrogen) atoms. The lowest BCUT2D eigenvalue weighted by atomic mass is 10.1. The molecule has 1 aromatic rings. The fourth-order valence-electron chi connectivity index (χ4n) is 1.10. The van der Waals surface area contributed by atoms with Gasteiger partial charge in [-0.25, -0.2) is 4.79 Å². The number of benzene rings is 1. The molecule has 0 aliphatic carbocycles. The molecule has 1 rings (SSSR count). The van der Waals surface area contributed by atoms with Crippen LogP contribution in [-0.2, 0) is 9.59 Å². The van der Waals surface area contributed by atoms with Crippen molar-refractivity contribution in [1.82, 2.24) is 0 Å². The first-order chi connectivity index (χ1) is 7.43. The predicted octanol–water partition coefficient (Wildman–Crippen LogP) is 3.05. The zero-order valence-electron chi connectivity index (χ0n) is 8.33. The summed E-state index contributed by atoms with van der Waals surface area (Å²) in [6.07, 6.45) is 1.21. The van der Waals surface area contributed by atoms with Gasteiger partial charge in [-0.2, -0.15) is 0 Å². The third kappa shape index (κ3) is 2.84. The molecule has 0 saturated carbocycles. The summed E-state index contributed by atoms with van der Waals surface area (Å²) in [5.74, 6) is -1.83. The summed E-state index contributed by atoms with van der Waals surface area (Å²) in [7, 11) is 0. The van der Waals surface area contributed by atoms with E-state index in [1.807, 2.05) is 0 Å². The van der Waals surface area contributed by atoms with Crippen molar-refractivity contribution in [2.24, 2.45) is 0 Å². The van der Waals surface area contributed by atoms with E-state index in [2.05, 4.69) is 0 Å². The molecule has 0 radical (unpaired) electrons. The van der Waals surface area contributed by atoms with Gasteiger partial charge in [-0.1, -0.05) is 35.3 Å². The predicted molar refractivity (Wildman–Crippen MR) is 62.8 cm³/mol. The third-order valence-corrected chi connectivity index (χ3v) is 2.72. The Morgan fingerprint density at radius 2 is 1.94 bits per heavy atom. The highest BCUT2D eigenvalue weighted by molar-refractivity contribution is 6.43. The molecule has 1 aromatic carbocycles. The van der Waals surface area contributed by atoms with Crippen LogP contribution in [0.15, 0.2) is 23.8 Å². The third-order valence-electron chi connectivity index (χ3n) is 1.89. The number of hydrogen-bond acceptors (Lipinski definition) is 2. The van der Waals surface area contributed by atoms with Crippen LogP contribution < -0.4 is 0 Å². The Bertz CT molecular complexity index is 462. The molecule has 5 heteroatoms. The van der Waals surface area contributed by atoms with Crippen LogP contribution in [-0.4, -0.2) is 16.9 Å². The lowest BCUT2D eigenvalue weighted by Gasteiger charge is -2.02. The number of Topliss-reactive ketones (excluding diaryl/α,β-unsaturated/α-hetero) is 1. The minimum absolute atomic E-state index is 0.226. The van der Waals surface area contributed by atoms with Crippen molar-refractivity contribution in [3.8, 4) is 0 Å². The fourth-order valence-corrected chi connectivity index (χ4v) is 1.46. The summed E-state index contributed by atoms with van der Waals surface area (Å²) in [6.45, 7) is 1.18. The van der Waals surface area contributed by atoms with Crippen LogP contribution in [0.2, 0.25) is 10.0 Å². The molecule has 0 unspecified atom stereocenters. The van der Waals surface area contributed by atoms with Crippen molar-refractivity contribution in [1.29, 1.82) is 0 Å². The van der Waals surface area contributed by atoms with Gasteiger partial charge in [-0.15, -0.1) is 0 Å². The van der Waals surface area contributed by atoms with Gasteiger partial charge in [0.25, 0.3) is 0 Å². The molecule has 0 aliphatic rings. The lowest BCUT2D eigenvalue weighted by molar-refractivity contribution is -0.134. The molecular weight excluding hydrogens is 251 g/mol. The molecule has 0 saturated heterocycles. The first kappa shape index (κ1) is 12.7. The Morgan fingerprint density at radius 3 is 2.44 bits per heavy atom. The maximum Gasteiger partial charge on any atom is 0.339 e. The Kier molecular flexibility index (Phi) is 4.10. The van der Waals surface area contributed by atoms with Gasteiger partial charge in [0.2, 0.25) is 0 Å². The standard InChI is InChI=1S/C11H8Cl2O3/c1-6(14)8(11(15)16)5-7-3-2-4-9(12)10(7)13/h2-5H,1H3,(H,15,16). The topological polar surface area (TPSA) is 54.4 Å². The van der Waals surface area contributed by atoms with E-state index in [-0.39, 0.29) is 10.6 Å². The van der Waals surface area contributed by atoms with Crippen molar-refractivity contribution >= 4 is 41.0 Å². The van der Waals surface area contributed by atoms with Crippen LogP contribution in [0.3, 0.4) is 0 Å². The molecule has 0 fully saturated rings. The first-order valence-corrected chi connectivity index (χ1v) is 5.09. The molecule has 0 amide bonds. The number of aliphatic carboxylic acids is 1. The molecule has 0 bridgehead atoms. The summed E-state index contributed by atoms with van der Waals surface area (Å²) < 4.78 is 0. The molecular formula is C11H8Cl2O3. The van der Waals surface area contributed by atoms with Gasteiger partial charge in [-0.05, 0) is 24.6 Å². The summed E-state index contributed by atoms with van der Waals surface area (Å²) in [6, 6.07) is 4.79. The van der Waals surface area contributed by atoms with Crippen LogP contribution in [0.5, 0.6) is 0 Å². The van der Waals surface area contributed by atoms with Gasteiger partial charge >= 0.3 is 5.97 Å². The molecule has 1 N–H and O–H groups in total. The minimum Gasteiger partial charge on any atom is -0.478 e. The van der Waals surface area contributed by atoms with Crippen LogP contribution in [0.25, 0.3) is 6.08 Å². The number of carbonyl (C=O) groups excluding carboxylic acids is 1. The quantitative estimate of drug-likeness (QED) is 0.515. The number of rotatable bonds is 3. The molecule has 0 aliphatic heterocycles. The Labute approximate surface area is 102 Å². The molecule has 3 nitrogen and oxygen atoms in total. The van der Waals surface area contributed by atoms with Crippen molar-refractivity contribution in [2.45, 2.75) is 6.92 Å². The van der Waals surface area contributed by atoms with Gasteiger partial charge in [0.05, 0.1) is 10.0 Å². The fraction of sp³-hybridized carbons (Fsp3) is 0.0909. The number of carboxylic acids is 1. The SMILES string of the molecule is CC(=O)C(=Cc1cccc(Cl)c1Cl)C(=O)O. The summed E-state index contributed by atoms with van der Waals surface area (Å²) in [5.41, 5.74) is 0.0749. The number of ketones is 1. The zero-order valence-corrected chi connectivity index (χ0v) is 9.84. The van der Waals surface area contributed by atoms with E-state index < -0.39 is 11.8 Å². The van der Waals surface area contributed by atoms with Crippen molar-refractivity contribution in [3.63, 3.8) is 0 Å². The maximum atomic E-state index is 11.1. The van der Waals surface area contributed by atoms with Crippen LogP contribution >= 0.6 is 23.2 Å². The van der Waals surface area contributed by atoms with Crippen LogP contribution in [0, 0.1) is 0 Å². The summed E-state index contributed by atoms with van der Waals surface area (Å²) in [4.78, 5) is 21.8. The zero-order chi connectivity index (χ0) is 12.3. The van der Waals surface area contributed by atoms with Gasteiger partial charge in [0.15, 0.2) is 5.78 Å². The second kappa shape index (κ2) is 5.14. The molecule has 0 spiro atoms. The van der Waals surface area contributed by atoms with Crippen molar-refractivity contribution in [2.75, 3.05) is 0 Å². The molecule has 84 valence electrons. The first-order valence-electron chi connectivity index (χ1n) is 4.33. The largest absolute Gasteiger partial charge is 0.478 e. The Hall–Kier alpha value is -1.32. The summed E-state index contributed by atoms with van der Waals surface area (Å²) >= 11 is 11.6. The highest BCUT2D eigenvalue weighted by atomic mass is 35.5. The van der Waals surface area contributed by atoms with Gasteiger partial charge in [0, 0.05) is 0 Å². The van der Waals surface area contributed by atoms with E-state index in [1.54, 1.807) is 18.2 Å². The van der Waals surface area contributed by atoms with Crippen LogP contribution in [0.4, 0.5) is 0 Å². The number of halogens is 2. The minimum atomic E-state index is -1.29. The molecule has 0 atom stereocenters. The van der Waals surface area contributed by atoms with Gasteiger partial charge < -0.3 is 5.11 Å². The maximum absolute atomic E-state index is 11.1. The Balaban J connectivity index is 3.29. The second-order valence-electron chi connectivity index (χ2n) is 3.06. The molecule has 0 aromatic heterocycles. The van der Waals surface area contributed by atoms with E-state index in [4.69, 9.17) is 28.3 Å². The average molecular weight is 259 g/mol. The van der Waals surface area contributed by atoms with E-state index >= 15 is 0 Å². The number of carboxylic acid groups (broad SMARTS) is 1. The normalized spacial score (nSPS) is 11.3. The smallest absolute Gasteiger partial charge is 0.339 e. The van der Waals surface area contributed by atoms with Gasteiger partial charge in [-0.3, -0.25) is 4.79 Å². The number of hydrogen-bond donors (Lipinski definition) is 1. The van der Waals surface area contributed by atoms with E-state index in [0.29, 0.717) is 10.6 Å². The van der Waals surface area contributed by atoms with Gasteiger partial charge in [0.1, 0.15) is 5.57 Å². The van der Waals surface area contributed by atoms with E-state index in [9.17, 15) is 9.59 Å². The lowest BCUT2D eigenvalue weighted by Crippen LogP contribution is -2.08. The summed E-state index contributed by atoms with van der Waals surface area (Å²) in [5, 5.41) is 9.34. The highest BCUT2D eigenvalue weighted by Crippen LogP contribution is 2.27. The van der Waals surface area contributed by atoms with E-state index in [1.165, 1.54) is 13.0 Å². The molecule has 0 heterocycles.